The summed E-state index contributed by atoms with van der Waals surface area (Å²) in [6.07, 6.45) is -0.376. The third kappa shape index (κ3) is 4.75. The van der Waals surface area contributed by atoms with Crippen LogP contribution in [0.3, 0.4) is 0 Å². The average molecular weight is 363 g/mol. The minimum absolute atomic E-state index is 0.0828. The summed E-state index contributed by atoms with van der Waals surface area (Å²) >= 11 is 0. The lowest BCUT2D eigenvalue weighted by atomic mass is 9.98. The van der Waals surface area contributed by atoms with Crippen LogP contribution in [0.5, 0.6) is 5.75 Å². The maximum atomic E-state index is 12.8. The van der Waals surface area contributed by atoms with Gasteiger partial charge in [0.2, 0.25) is 0 Å². The Morgan fingerprint density at radius 3 is 2.54 bits per heavy atom. The number of hydrogen-bond donors (Lipinski definition) is 1. The Hall–Kier alpha value is -2.08. The highest BCUT2D eigenvalue weighted by Crippen LogP contribution is 2.26. The largest absolute Gasteiger partial charge is 0.481 e. The molecule has 0 aliphatic carbocycles. The zero-order valence-electron chi connectivity index (χ0n) is 16.2. The number of ether oxygens (including phenoxy) is 2. The first kappa shape index (κ1) is 20.2. The van der Waals surface area contributed by atoms with Gasteiger partial charge in [-0.3, -0.25) is 9.59 Å². The molecule has 1 amide bonds. The van der Waals surface area contributed by atoms with Gasteiger partial charge in [0.05, 0.1) is 12.5 Å². The van der Waals surface area contributed by atoms with Crippen molar-refractivity contribution in [3.05, 3.63) is 29.3 Å². The Labute approximate surface area is 155 Å². The zero-order chi connectivity index (χ0) is 19.4. The molecule has 3 atom stereocenters. The molecule has 3 unspecified atom stereocenters. The van der Waals surface area contributed by atoms with E-state index in [1.807, 2.05) is 25.1 Å². The van der Waals surface area contributed by atoms with E-state index in [1.54, 1.807) is 18.9 Å². The van der Waals surface area contributed by atoms with E-state index >= 15 is 0 Å². The average Bonchev–Trinajstić information content (AvgIpc) is 2.95. The van der Waals surface area contributed by atoms with Crippen molar-refractivity contribution in [1.82, 2.24) is 4.90 Å². The first-order valence-electron chi connectivity index (χ1n) is 9.05. The van der Waals surface area contributed by atoms with Crippen LogP contribution in [0.15, 0.2) is 18.2 Å². The van der Waals surface area contributed by atoms with Gasteiger partial charge in [0.25, 0.3) is 5.91 Å². The summed E-state index contributed by atoms with van der Waals surface area (Å²) in [6.45, 7) is 8.40. The molecule has 0 spiro atoms. The number of carboxylic acids is 1. The van der Waals surface area contributed by atoms with Crippen LogP contribution in [0, 0.1) is 6.92 Å². The van der Waals surface area contributed by atoms with E-state index < -0.39 is 12.1 Å². The quantitative estimate of drug-likeness (QED) is 0.806. The van der Waals surface area contributed by atoms with Crippen LogP contribution in [-0.4, -0.2) is 53.8 Å². The minimum Gasteiger partial charge on any atom is -0.481 e. The van der Waals surface area contributed by atoms with Crippen molar-refractivity contribution in [3.63, 3.8) is 0 Å². The Kier molecular flexibility index (Phi) is 6.64. The summed E-state index contributed by atoms with van der Waals surface area (Å²) in [5.41, 5.74) is 2.38. The van der Waals surface area contributed by atoms with Crippen molar-refractivity contribution in [2.75, 3.05) is 13.7 Å². The highest BCUT2D eigenvalue weighted by atomic mass is 16.5. The van der Waals surface area contributed by atoms with Crippen LogP contribution in [-0.2, 0) is 14.3 Å². The van der Waals surface area contributed by atoms with Gasteiger partial charge in [-0.2, -0.15) is 0 Å². The van der Waals surface area contributed by atoms with Crippen LogP contribution in [0.4, 0.5) is 0 Å². The van der Waals surface area contributed by atoms with Crippen molar-refractivity contribution in [3.8, 4) is 5.75 Å². The second-order valence-electron chi connectivity index (χ2n) is 7.27. The molecule has 2 rings (SSSR count). The molecule has 0 bridgehead atoms. The number of nitrogens with zero attached hydrogens (tertiary/aromatic N) is 1. The predicted octanol–water partition coefficient (Wildman–Crippen LogP) is 2.98. The standard InChI is InChI=1S/C20H29NO5/c1-12(2)18-7-6-16(8-13(18)3)26-14(4)20(24)21-11-17(25-5)9-15(21)10-19(22)23/h6-8,12,14-15,17H,9-11H2,1-5H3,(H,22,23). The maximum absolute atomic E-state index is 12.8. The number of hydrogen-bond acceptors (Lipinski definition) is 4. The second kappa shape index (κ2) is 8.54. The van der Waals surface area contributed by atoms with Crippen LogP contribution < -0.4 is 4.74 Å². The first-order valence-corrected chi connectivity index (χ1v) is 9.05. The third-order valence-electron chi connectivity index (χ3n) is 4.93. The van der Waals surface area contributed by atoms with Crippen LogP contribution in [0.1, 0.15) is 50.7 Å². The normalized spacial score (nSPS) is 21.1. The van der Waals surface area contributed by atoms with Gasteiger partial charge in [-0.15, -0.1) is 0 Å². The lowest BCUT2D eigenvalue weighted by Crippen LogP contribution is -2.44. The van der Waals surface area contributed by atoms with Gasteiger partial charge in [-0.1, -0.05) is 19.9 Å². The third-order valence-corrected chi connectivity index (χ3v) is 4.93. The van der Waals surface area contributed by atoms with Crippen molar-refractivity contribution in [2.45, 2.75) is 64.7 Å². The van der Waals surface area contributed by atoms with Gasteiger partial charge in [0.1, 0.15) is 5.75 Å². The van der Waals surface area contributed by atoms with Gasteiger partial charge >= 0.3 is 5.97 Å². The first-order chi connectivity index (χ1) is 12.2. The molecule has 1 fully saturated rings. The molecule has 1 saturated heterocycles. The fraction of sp³-hybridized carbons (Fsp3) is 0.600. The monoisotopic (exact) mass is 363 g/mol. The van der Waals surface area contributed by atoms with Crippen LogP contribution in [0.2, 0.25) is 0 Å². The summed E-state index contributed by atoms with van der Waals surface area (Å²) in [7, 11) is 1.58. The molecule has 0 aromatic heterocycles. The molecule has 1 heterocycles. The number of aliphatic carboxylic acids is 1. The molecule has 1 aliphatic rings. The molecule has 6 nitrogen and oxygen atoms in total. The fourth-order valence-corrected chi connectivity index (χ4v) is 3.57. The number of rotatable bonds is 7. The van der Waals surface area contributed by atoms with Crippen molar-refractivity contribution in [2.24, 2.45) is 0 Å². The summed E-state index contributed by atoms with van der Waals surface area (Å²) in [6, 6.07) is 5.48. The Balaban J connectivity index is 2.08. The minimum atomic E-state index is -0.918. The smallest absolute Gasteiger partial charge is 0.305 e. The van der Waals surface area contributed by atoms with E-state index in [1.165, 1.54) is 5.56 Å². The van der Waals surface area contributed by atoms with E-state index in [2.05, 4.69) is 13.8 Å². The number of benzene rings is 1. The molecule has 1 aromatic carbocycles. The van der Waals surface area contributed by atoms with Crippen molar-refractivity contribution < 1.29 is 24.2 Å². The molecule has 0 saturated carbocycles. The lowest BCUT2D eigenvalue weighted by molar-refractivity contribution is -0.142. The number of likely N-dealkylation sites (tertiary alicyclic amines) is 1. The number of methoxy groups -OCH3 is 1. The molecular weight excluding hydrogens is 334 g/mol. The molecule has 26 heavy (non-hydrogen) atoms. The Morgan fingerprint density at radius 1 is 1.31 bits per heavy atom. The van der Waals surface area contributed by atoms with Crippen LogP contribution in [0.25, 0.3) is 0 Å². The molecule has 1 aliphatic heterocycles. The number of carbonyl (C=O) groups is 2. The summed E-state index contributed by atoms with van der Waals surface area (Å²) in [4.78, 5) is 25.5. The Bertz CT molecular complexity index is 658. The summed E-state index contributed by atoms with van der Waals surface area (Å²) in [5, 5.41) is 9.10. The van der Waals surface area contributed by atoms with E-state index in [0.717, 1.165) is 5.56 Å². The summed E-state index contributed by atoms with van der Waals surface area (Å²) in [5.74, 6) is -0.0557. The molecule has 144 valence electrons. The maximum Gasteiger partial charge on any atom is 0.305 e. The molecule has 6 heteroatoms. The molecule has 0 radical (unpaired) electrons. The van der Waals surface area contributed by atoms with Gasteiger partial charge in [0, 0.05) is 19.7 Å². The van der Waals surface area contributed by atoms with Crippen LogP contribution >= 0.6 is 0 Å². The number of carboxylic acid groups (broad SMARTS) is 1. The Morgan fingerprint density at radius 2 is 2.00 bits per heavy atom. The van der Waals surface area contributed by atoms with E-state index in [4.69, 9.17) is 14.6 Å². The SMILES string of the molecule is COC1CC(CC(=O)O)N(C(=O)C(C)Oc2ccc(C(C)C)c(C)c2)C1. The van der Waals surface area contributed by atoms with Gasteiger partial charge in [-0.05, 0) is 49.4 Å². The van der Waals surface area contributed by atoms with E-state index in [9.17, 15) is 9.59 Å². The highest BCUT2D eigenvalue weighted by Gasteiger charge is 2.38. The number of amides is 1. The predicted molar refractivity (Wildman–Crippen MR) is 98.5 cm³/mol. The highest BCUT2D eigenvalue weighted by molar-refractivity contribution is 5.82. The molecular formula is C20H29NO5. The second-order valence-corrected chi connectivity index (χ2v) is 7.27. The van der Waals surface area contributed by atoms with Gasteiger partial charge < -0.3 is 19.5 Å². The van der Waals surface area contributed by atoms with Gasteiger partial charge in [0.15, 0.2) is 6.10 Å². The number of aryl methyl sites for hydroxylation is 1. The van der Waals surface area contributed by atoms with E-state index in [-0.39, 0.29) is 24.5 Å². The fourth-order valence-electron chi connectivity index (χ4n) is 3.57. The lowest BCUT2D eigenvalue weighted by Gasteiger charge is -2.27. The van der Waals surface area contributed by atoms with Crippen molar-refractivity contribution >= 4 is 11.9 Å². The molecule has 1 aromatic rings. The number of carbonyl (C=O) groups excluding carboxylic acids is 1. The van der Waals surface area contributed by atoms with E-state index in [0.29, 0.717) is 24.6 Å². The molecule has 1 N–H and O–H groups in total. The topological polar surface area (TPSA) is 76.1 Å². The van der Waals surface area contributed by atoms with Crippen molar-refractivity contribution in [1.29, 1.82) is 0 Å². The summed E-state index contributed by atoms with van der Waals surface area (Å²) < 4.78 is 11.2. The zero-order valence-corrected chi connectivity index (χ0v) is 16.2. The van der Waals surface area contributed by atoms with Gasteiger partial charge in [-0.25, -0.2) is 0 Å².